The van der Waals surface area contributed by atoms with Gasteiger partial charge in [-0.25, -0.2) is 0 Å². The monoisotopic (exact) mass is 250 g/mol. The fourth-order valence-corrected chi connectivity index (χ4v) is 1.95. The lowest BCUT2D eigenvalue weighted by Gasteiger charge is -2.24. The van der Waals surface area contributed by atoms with Gasteiger partial charge in [-0.3, -0.25) is 0 Å². The topological polar surface area (TPSA) is 9.23 Å². The van der Waals surface area contributed by atoms with Gasteiger partial charge in [0.2, 0.25) is 0 Å². The molecule has 1 nitrogen and oxygen atoms in total. The Labute approximate surface area is 109 Å². The summed E-state index contributed by atoms with van der Waals surface area (Å²) in [7, 11) is 0. The summed E-state index contributed by atoms with van der Waals surface area (Å²) < 4.78 is 6.00. The molecule has 0 N–H and O–H groups in total. The smallest absolute Gasteiger partial charge is 0.0784 e. The van der Waals surface area contributed by atoms with E-state index < -0.39 is 0 Å². The van der Waals surface area contributed by atoms with Crippen LogP contribution >= 0.6 is 11.6 Å². The Bertz CT molecular complexity index is 335. The minimum Gasteiger partial charge on any atom is -0.369 e. The molecular formula is C15H19ClO. The van der Waals surface area contributed by atoms with Crippen molar-refractivity contribution < 1.29 is 4.74 Å². The van der Waals surface area contributed by atoms with Crippen LogP contribution in [0.15, 0.2) is 36.5 Å². The van der Waals surface area contributed by atoms with Gasteiger partial charge in [0.05, 0.1) is 17.6 Å². The molecule has 2 heteroatoms. The molecule has 0 aliphatic carbocycles. The second-order valence-electron chi connectivity index (χ2n) is 3.99. The Balaban J connectivity index is 2.68. The van der Waals surface area contributed by atoms with E-state index in [0.29, 0.717) is 0 Å². The summed E-state index contributed by atoms with van der Waals surface area (Å²) in [5.41, 5.74) is 0. The van der Waals surface area contributed by atoms with E-state index >= 15 is 0 Å². The van der Waals surface area contributed by atoms with Crippen molar-refractivity contribution in [1.29, 1.82) is 0 Å². The summed E-state index contributed by atoms with van der Waals surface area (Å²) in [6.45, 7) is 2.11. The highest BCUT2D eigenvalue weighted by Gasteiger charge is 2.21. The molecule has 1 aliphatic heterocycles. The summed E-state index contributed by atoms with van der Waals surface area (Å²) in [6, 6.07) is 0. The molecule has 1 heterocycles. The van der Waals surface area contributed by atoms with Gasteiger partial charge in [-0.1, -0.05) is 43.2 Å². The summed E-state index contributed by atoms with van der Waals surface area (Å²) in [4.78, 5) is 0. The lowest BCUT2D eigenvalue weighted by molar-refractivity contribution is 0.0119. The zero-order valence-corrected chi connectivity index (χ0v) is 10.9. The number of rotatable bonds is 3. The van der Waals surface area contributed by atoms with Crippen LogP contribution in [0.3, 0.4) is 0 Å². The Morgan fingerprint density at radius 3 is 3.06 bits per heavy atom. The molecule has 1 rings (SSSR count). The highest BCUT2D eigenvalue weighted by atomic mass is 35.5. The maximum Gasteiger partial charge on any atom is 0.0784 e. The van der Waals surface area contributed by atoms with E-state index in [4.69, 9.17) is 22.8 Å². The van der Waals surface area contributed by atoms with Crippen LogP contribution in [0.5, 0.6) is 0 Å². The molecule has 0 saturated carbocycles. The van der Waals surface area contributed by atoms with E-state index in [0.717, 1.165) is 19.3 Å². The van der Waals surface area contributed by atoms with Crippen LogP contribution in [0.1, 0.15) is 26.2 Å². The predicted molar refractivity (Wildman–Crippen MR) is 74.1 cm³/mol. The van der Waals surface area contributed by atoms with E-state index in [1.54, 1.807) is 6.08 Å². The molecule has 92 valence electrons. The van der Waals surface area contributed by atoms with Crippen LogP contribution < -0.4 is 0 Å². The molecule has 3 unspecified atom stereocenters. The minimum absolute atomic E-state index is 0.0115. The van der Waals surface area contributed by atoms with Crippen molar-refractivity contribution in [3.8, 4) is 12.3 Å². The number of ether oxygens (including phenoxy) is 1. The maximum atomic E-state index is 6.34. The van der Waals surface area contributed by atoms with E-state index in [2.05, 4.69) is 25.0 Å². The molecule has 0 aromatic heterocycles. The van der Waals surface area contributed by atoms with Crippen molar-refractivity contribution in [2.24, 2.45) is 0 Å². The SMILES string of the molecule is C#CC=CCC1OC(CC)/C=C\C=C/CC1Cl. The largest absolute Gasteiger partial charge is 0.369 e. The third-order valence-electron chi connectivity index (χ3n) is 2.67. The van der Waals surface area contributed by atoms with Gasteiger partial charge in [-0.05, 0) is 25.3 Å². The second kappa shape index (κ2) is 8.17. The van der Waals surface area contributed by atoms with Gasteiger partial charge in [0.15, 0.2) is 0 Å². The zero-order valence-electron chi connectivity index (χ0n) is 10.2. The highest BCUT2D eigenvalue weighted by Crippen LogP contribution is 2.20. The number of terminal acetylenes is 1. The van der Waals surface area contributed by atoms with E-state index in [1.165, 1.54) is 0 Å². The first-order valence-corrected chi connectivity index (χ1v) is 6.45. The second-order valence-corrected chi connectivity index (χ2v) is 4.55. The quantitative estimate of drug-likeness (QED) is 0.546. The molecule has 0 saturated heterocycles. The van der Waals surface area contributed by atoms with Crippen LogP contribution in [-0.4, -0.2) is 17.6 Å². The van der Waals surface area contributed by atoms with Gasteiger partial charge in [0, 0.05) is 0 Å². The van der Waals surface area contributed by atoms with Crippen LogP contribution in [-0.2, 0) is 4.74 Å². The van der Waals surface area contributed by atoms with E-state index in [-0.39, 0.29) is 17.6 Å². The molecule has 3 atom stereocenters. The van der Waals surface area contributed by atoms with E-state index in [9.17, 15) is 0 Å². The zero-order chi connectivity index (χ0) is 12.5. The minimum atomic E-state index is -0.0115. The first-order chi connectivity index (χ1) is 8.27. The molecule has 0 aromatic carbocycles. The van der Waals surface area contributed by atoms with Crippen molar-refractivity contribution in [3.63, 3.8) is 0 Å². The fraction of sp³-hybridized carbons (Fsp3) is 0.467. The average molecular weight is 251 g/mol. The van der Waals surface area contributed by atoms with Gasteiger partial charge in [0.1, 0.15) is 0 Å². The Morgan fingerprint density at radius 1 is 1.53 bits per heavy atom. The molecule has 0 spiro atoms. The van der Waals surface area contributed by atoms with Crippen molar-refractivity contribution in [1.82, 2.24) is 0 Å². The Morgan fingerprint density at radius 2 is 2.35 bits per heavy atom. The van der Waals surface area contributed by atoms with Crippen LogP contribution in [0, 0.1) is 12.3 Å². The first-order valence-electron chi connectivity index (χ1n) is 6.02. The van der Waals surface area contributed by atoms with Crippen LogP contribution in [0.25, 0.3) is 0 Å². The lowest BCUT2D eigenvalue weighted by atomic mass is 10.1. The summed E-state index contributed by atoms with van der Waals surface area (Å²) in [5, 5.41) is -0.0115. The third-order valence-corrected chi connectivity index (χ3v) is 3.13. The lowest BCUT2D eigenvalue weighted by Crippen LogP contribution is -2.28. The third kappa shape index (κ3) is 5.26. The van der Waals surface area contributed by atoms with Crippen LogP contribution in [0.2, 0.25) is 0 Å². The normalized spacial score (nSPS) is 33.4. The van der Waals surface area contributed by atoms with Crippen molar-refractivity contribution in [2.75, 3.05) is 0 Å². The molecular weight excluding hydrogens is 232 g/mol. The molecule has 1 aliphatic rings. The molecule has 0 aromatic rings. The van der Waals surface area contributed by atoms with Gasteiger partial charge in [-0.2, -0.15) is 0 Å². The van der Waals surface area contributed by atoms with Gasteiger partial charge >= 0.3 is 0 Å². The average Bonchev–Trinajstić information content (AvgIpc) is 2.42. The number of halogens is 1. The van der Waals surface area contributed by atoms with Crippen LogP contribution in [0.4, 0.5) is 0 Å². The fourth-order valence-electron chi connectivity index (χ4n) is 1.69. The van der Waals surface area contributed by atoms with Gasteiger partial charge < -0.3 is 4.74 Å². The van der Waals surface area contributed by atoms with E-state index in [1.807, 2.05) is 18.2 Å². The molecule has 0 amide bonds. The first kappa shape index (κ1) is 14.1. The molecule has 0 bridgehead atoms. The highest BCUT2D eigenvalue weighted by molar-refractivity contribution is 6.21. The summed E-state index contributed by atoms with van der Waals surface area (Å²) in [6.07, 6.45) is 19.7. The predicted octanol–water partition coefficient (Wildman–Crippen LogP) is 3.85. The number of hydrogen-bond acceptors (Lipinski definition) is 1. The van der Waals surface area contributed by atoms with Gasteiger partial charge in [0.25, 0.3) is 0 Å². The Kier molecular flexibility index (Phi) is 6.77. The number of allylic oxidation sites excluding steroid dienone is 4. The standard InChI is InChI=1S/C15H19ClO/c1-3-5-7-12-15-14(16)11-9-6-8-10-13(4-2)17-15/h1,5-10,13-15H,4,11-12H2,2H3/b7-5?,9-6-,10-8-. The number of alkyl halides is 1. The molecule has 0 fully saturated rings. The van der Waals surface area contributed by atoms with Crippen molar-refractivity contribution >= 4 is 11.6 Å². The van der Waals surface area contributed by atoms with Crippen molar-refractivity contribution in [2.45, 2.75) is 43.8 Å². The summed E-state index contributed by atoms with van der Waals surface area (Å²) >= 11 is 6.34. The molecule has 17 heavy (non-hydrogen) atoms. The Hall–Kier alpha value is -0.970. The molecule has 0 radical (unpaired) electrons. The number of hydrogen-bond donors (Lipinski definition) is 0. The van der Waals surface area contributed by atoms with Gasteiger partial charge in [-0.15, -0.1) is 18.0 Å². The van der Waals surface area contributed by atoms with Crippen molar-refractivity contribution in [3.05, 3.63) is 36.5 Å². The maximum absolute atomic E-state index is 6.34. The summed E-state index contributed by atoms with van der Waals surface area (Å²) in [5.74, 6) is 2.48.